The lowest BCUT2D eigenvalue weighted by atomic mass is 10.1. The van der Waals surface area contributed by atoms with E-state index in [1.165, 1.54) is 0 Å². The number of hydrogen-bond acceptors (Lipinski definition) is 4. The number of thioether (sulfide) groups is 1. The molecule has 0 saturated carbocycles. The van der Waals surface area contributed by atoms with Crippen molar-refractivity contribution in [3.8, 4) is 11.5 Å². The molecule has 0 amide bonds. The topological polar surface area (TPSA) is 35.5 Å². The number of Topliss-reactive ketones (excluding diaryl/α,β-unsaturated/α-hetero) is 1. The molecule has 0 radical (unpaired) electrons. The van der Waals surface area contributed by atoms with Gasteiger partial charge in [0, 0.05) is 10.6 Å². The summed E-state index contributed by atoms with van der Waals surface area (Å²) in [5.74, 6) is 2.00. The van der Waals surface area contributed by atoms with Crippen LogP contribution >= 0.6 is 11.8 Å². The van der Waals surface area contributed by atoms with Gasteiger partial charge in [-0.05, 0) is 31.2 Å². The average molecular weight is 300 g/mol. The molecule has 1 unspecified atom stereocenters. The lowest BCUT2D eigenvalue weighted by molar-refractivity contribution is 0.0811. The van der Waals surface area contributed by atoms with Gasteiger partial charge in [0.15, 0.2) is 6.10 Å². The summed E-state index contributed by atoms with van der Waals surface area (Å²) in [4.78, 5) is 13.8. The van der Waals surface area contributed by atoms with Crippen molar-refractivity contribution < 1.29 is 14.3 Å². The molecule has 0 spiro atoms. The van der Waals surface area contributed by atoms with Crippen LogP contribution in [0.1, 0.15) is 17.3 Å². The number of ketones is 1. The second kappa shape index (κ2) is 6.22. The van der Waals surface area contributed by atoms with Crippen molar-refractivity contribution in [2.24, 2.45) is 0 Å². The number of hydrogen-bond donors (Lipinski definition) is 0. The number of ether oxygens (including phenoxy) is 2. The van der Waals surface area contributed by atoms with Crippen molar-refractivity contribution in [2.45, 2.75) is 17.9 Å². The summed E-state index contributed by atoms with van der Waals surface area (Å²) < 4.78 is 11.4. The molecule has 1 heterocycles. The third-order valence-electron chi connectivity index (χ3n) is 3.25. The van der Waals surface area contributed by atoms with Crippen LogP contribution < -0.4 is 9.47 Å². The first kappa shape index (κ1) is 14.0. The molecule has 0 aromatic heterocycles. The number of benzene rings is 2. The van der Waals surface area contributed by atoms with Gasteiger partial charge in [0.05, 0.1) is 12.2 Å². The molecular formula is C17H16O3S. The highest BCUT2D eigenvalue weighted by Gasteiger charge is 2.29. The van der Waals surface area contributed by atoms with E-state index in [4.69, 9.17) is 9.47 Å². The van der Waals surface area contributed by atoms with Crippen LogP contribution in [0.2, 0.25) is 0 Å². The predicted octanol–water partition coefficient (Wildman–Crippen LogP) is 3.82. The third-order valence-corrected chi connectivity index (χ3v) is 4.37. The van der Waals surface area contributed by atoms with Gasteiger partial charge in [0.2, 0.25) is 5.78 Å². The van der Waals surface area contributed by atoms with Gasteiger partial charge < -0.3 is 9.47 Å². The molecule has 1 aliphatic rings. The van der Waals surface area contributed by atoms with E-state index in [1.807, 2.05) is 49.4 Å². The second-order valence-electron chi connectivity index (χ2n) is 4.66. The summed E-state index contributed by atoms with van der Waals surface area (Å²) >= 11 is 1.65. The highest BCUT2D eigenvalue weighted by Crippen LogP contribution is 2.36. The fourth-order valence-corrected chi connectivity index (χ4v) is 3.26. The molecule has 0 aliphatic carbocycles. The first-order chi connectivity index (χ1) is 10.3. The van der Waals surface area contributed by atoms with Crippen LogP contribution in [0.4, 0.5) is 0 Å². The molecule has 3 rings (SSSR count). The van der Waals surface area contributed by atoms with Gasteiger partial charge in [-0.2, -0.15) is 0 Å². The minimum atomic E-state index is -0.466. The van der Waals surface area contributed by atoms with Crippen molar-refractivity contribution in [3.05, 3.63) is 54.1 Å². The Balaban J connectivity index is 1.84. The Morgan fingerprint density at radius 3 is 2.86 bits per heavy atom. The lowest BCUT2D eigenvalue weighted by Gasteiger charge is -2.25. The molecule has 0 bridgehead atoms. The van der Waals surface area contributed by atoms with Crippen molar-refractivity contribution in [1.82, 2.24) is 0 Å². The zero-order valence-corrected chi connectivity index (χ0v) is 12.6. The molecule has 108 valence electrons. The molecule has 0 saturated heterocycles. The van der Waals surface area contributed by atoms with Gasteiger partial charge in [0.25, 0.3) is 0 Å². The van der Waals surface area contributed by atoms with Gasteiger partial charge >= 0.3 is 0 Å². The Morgan fingerprint density at radius 2 is 2.00 bits per heavy atom. The standard InChI is InChI=1S/C17H16O3S/c1-2-19-13-8-4-3-7-12(13)17(18)15-11-21-16-10-6-5-9-14(16)20-15/h3-10,15H,2,11H2,1H3. The van der Waals surface area contributed by atoms with Crippen LogP contribution in [-0.4, -0.2) is 24.2 Å². The Morgan fingerprint density at radius 1 is 1.24 bits per heavy atom. The van der Waals surface area contributed by atoms with Gasteiger partial charge in [-0.25, -0.2) is 0 Å². The van der Waals surface area contributed by atoms with Crippen LogP contribution in [0.5, 0.6) is 11.5 Å². The molecule has 3 nitrogen and oxygen atoms in total. The summed E-state index contributed by atoms with van der Waals surface area (Å²) in [7, 11) is 0. The largest absolute Gasteiger partial charge is 0.493 e. The summed E-state index contributed by atoms with van der Waals surface area (Å²) in [5, 5.41) is 0. The van der Waals surface area contributed by atoms with E-state index in [0.717, 1.165) is 10.6 Å². The third kappa shape index (κ3) is 2.90. The molecule has 0 fully saturated rings. The molecule has 2 aromatic rings. The van der Waals surface area contributed by atoms with E-state index < -0.39 is 6.10 Å². The number of fused-ring (bicyclic) bond motifs is 1. The van der Waals surface area contributed by atoms with E-state index in [1.54, 1.807) is 17.8 Å². The Bertz CT molecular complexity index is 654. The quantitative estimate of drug-likeness (QED) is 0.804. The molecule has 1 aliphatic heterocycles. The summed E-state index contributed by atoms with van der Waals surface area (Å²) in [6, 6.07) is 15.1. The first-order valence-electron chi connectivity index (χ1n) is 6.94. The Kier molecular flexibility index (Phi) is 4.15. The fourth-order valence-electron chi connectivity index (χ4n) is 2.27. The highest BCUT2D eigenvalue weighted by atomic mass is 32.2. The maximum Gasteiger partial charge on any atom is 0.207 e. The monoisotopic (exact) mass is 300 g/mol. The zero-order chi connectivity index (χ0) is 14.7. The van der Waals surface area contributed by atoms with E-state index in [-0.39, 0.29) is 5.78 Å². The number of carbonyl (C=O) groups is 1. The molecule has 2 aromatic carbocycles. The molecule has 4 heteroatoms. The predicted molar refractivity (Wildman–Crippen MR) is 83.5 cm³/mol. The molecular weight excluding hydrogens is 284 g/mol. The Labute approximate surface area is 128 Å². The fraction of sp³-hybridized carbons (Fsp3) is 0.235. The minimum absolute atomic E-state index is 0.0268. The Hall–Kier alpha value is -1.94. The molecule has 0 N–H and O–H groups in total. The summed E-state index contributed by atoms with van der Waals surface area (Å²) in [5.41, 5.74) is 0.587. The SMILES string of the molecule is CCOc1ccccc1C(=O)C1CSc2ccccc2O1. The maximum absolute atomic E-state index is 12.7. The molecule has 21 heavy (non-hydrogen) atoms. The highest BCUT2D eigenvalue weighted by molar-refractivity contribution is 7.99. The lowest BCUT2D eigenvalue weighted by Crippen LogP contribution is -2.32. The minimum Gasteiger partial charge on any atom is -0.493 e. The van der Waals surface area contributed by atoms with Crippen molar-refractivity contribution >= 4 is 17.5 Å². The van der Waals surface area contributed by atoms with Gasteiger partial charge in [-0.3, -0.25) is 4.79 Å². The normalized spacial score (nSPS) is 16.7. The second-order valence-corrected chi connectivity index (χ2v) is 5.72. The van der Waals surface area contributed by atoms with Crippen LogP contribution in [0, 0.1) is 0 Å². The summed E-state index contributed by atoms with van der Waals surface area (Å²) in [6.45, 7) is 2.44. The van der Waals surface area contributed by atoms with Gasteiger partial charge in [-0.1, -0.05) is 24.3 Å². The molecule has 1 atom stereocenters. The van der Waals surface area contributed by atoms with Crippen LogP contribution in [0.25, 0.3) is 0 Å². The van der Waals surface area contributed by atoms with Crippen molar-refractivity contribution in [3.63, 3.8) is 0 Å². The van der Waals surface area contributed by atoms with Crippen LogP contribution in [0.15, 0.2) is 53.4 Å². The van der Waals surface area contributed by atoms with E-state index in [0.29, 0.717) is 23.7 Å². The number of carbonyl (C=O) groups excluding carboxylic acids is 1. The average Bonchev–Trinajstić information content (AvgIpc) is 2.54. The zero-order valence-electron chi connectivity index (χ0n) is 11.7. The van der Waals surface area contributed by atoms with E-state index in [9.17, 15) is 4.79 Å². The van der Waals surface area contributed by atoms with Gasteiger partial charge in [0.1, 0.15) is 11.5 Å². The van der Waals surface area contributed by atoms with E-state index >= 15 is 0 Å². The summed E-state index contributed by atoms with van der Waals surface area (Å²) in [6.07, 6.45) is -0.466. The van der Waals surface area contributed by atoms with Crippen LogP contribution in [0.3, 0.4) is 0 Å². The van der Waals surface area contributed by atoms with Crippen molar-refractivity contribution in [2.75, 3.05) is 12.4 Å². The van der Waals surface area contributed by atoms with Crippen LogP contribution in [-0.2, 0) is 0 Å². The maximum atomic E-state index is 12.7. The number of para-hydroxylation sites is 2. The van der Waals surface area contributed by atoms with Crippen molar-refractivity contribution in [1.29, 1.82) is 0 Å². The van der Waals surface area contributed by atoms with Gasteiger partial charge in [-0.15, -0.1) is 11.8 Å². The van der Waals surface area contributed by atoms with E-state index in [2.05, 4.69) is 0 Å². The smallest absolute Gasteiger partial charge is 0.207 e. The number of rotatable bonds is 4. The first-order valence-corrected chi connectivity index (χ1v) is 7.92.